The highest BCUT2D eigenvalue weighted by molar-refractivity contribution is 8.00. The number of amides is 2. The second kappa shape index (κ2) is 10.1. The first-order valence-electron chi connectivity index (χ1n) is 11.3. The molecule has 1 aliphatic rings. The molecule has 0 saturated heterocycles. The van der Waals surface area contributed by atoms with Crippen LogP contribution in [0.1, 0.15) is 15.9 Å². The Morgan fingerprint density at radius 2 is 1.80 bits per heavy atom. The van der Waals surface area contributed by atoms with Gasteiger partial charge in [0.2, 0.25) is 12.7 Å². The van der Waals surface area contributed by atoms with E-state index in [2.05, 4.69) is 21.3 Å². The van der Waals surface area contributed by atoms with E-state index in [1.165, 1.54) is 11.8 Å². The summed E-state index contributed by atoms with van der Waals surface area (Å²) in [5, 5.41) is 6.98. The average Bonchev–Trinajstić information content (AvgIpc) is 3.47. The topological polar surface area (TPSA) is 81.6 Å². The average molecular weight is 488 g/mol. The number of para-hydroxylation sites is 1. The van der Waals surface area contributed by atoms with E-state index >= 15 is 0 Å². The highest BCUT2D eigenvalue weighted by Gasteiger charge is 2.15. The van der Waals surface area contributed by atoms with Gasteiger partial charge < -0.3 is 24.7 Å². The maximum Gasteiger partial charge on any atom is 0.251 e. The number of benzene rings is 3. The molecule has 2 amide bonds. The van der Waals surface area contributed by atoms with Crippen molar-refractivity contribution < 1.29 is 19.1 Å². The second-order valence-corrected chi connectivity index (χ2v) is 9.25. The van der Waals surface area contributed by atoms with Crippen molar-refractivity contribution in [3.05, 3.63) is 84.1 Å². The molecular formula is C27H25N3O4S. The number of thioether (sulfide) groups is 1. The van der Waals surface area contributed by atoms with Crippen molar-refractivity contribution in [3.8, 4) is 11.5 Å². The van der Waals surface area contributed by atoms with Gasteiger partial charge in [-0.3, -0.25) is 9.59 Å². The van der Waals surface area contributed by atoms with Crippen LogP contribution < -0.4 is 20.1 Å². The standard InChI is InChI=1S/C27H25N3O4S/c1-18-6-8-19(9-7-18)27(32)28-12-13-30-15-25(21-4-2-3-5-22(21)30)35-16-26(31)29-20-10-11-23-24(14-20)34-17-33-23/h2-11,14-15H,12-13,16-17H2,1H3,(H,28,32)(H,29,31). The lowest BCUT2D eigenvalue weighted by molar-refractivity contribution is -0.113. The Balaban J connectivity index is 1.20. The summed E-state index contributed by atoms with van der Waals surface area (Å²) in [7, 11) is 0. The van der Waals surface area contributed by atoms with Gasteiger partial charge in [-0.05, 0) is 37.3 Å². The summed E-state index contributed by atoms with van der Waals surface area (Å²) >= 11 is 1.49. The quantitative estimate of drug-likeness (QED) is 0.348. The number of fused-ring (bicyclic) bond motifs is 2. The van der Waals surface area contributed by atoms with Crippen LogP contribution in [-0.2, 0) is 11.3 Å². The highest BCUT2D eigenvalue weighted by atomic mass is 32.2. The fourth-order valence-electron chi connectivity index (χ4n) is 3.92. The summed E-state index contributed by atoms with van der Waals surface area (Å²) in [4.78, 5) is 26.0. The number of anilines is 1. The zero-order valence-electron chi connectivity index (χ0n) is 19.2. The summed E-state index contributed by atoms with van der Waals surface area (Å²) in [5.74, 6) is 1.40. The molecule has 178 valence electrons. The van der Waals surface area contributed by atoms with E-state index in [4.69, 9.17) is 9.47 Å². The van der Waals surface area contributed by atoms with Crippen molar-refractivity contribution in [3.63, 3.8) is 0 Å². The van der Waals surface area contributed by atoms with E-state index in [0.29, 0.717) is 35.8 Å². The predicted octanol–water partition coefficient (Wildman–Crippen LogP) is 4.84. The molecule has 0 aliphatic carbocycles. The SMILES string of the molecule is Cc1ccc(C(=O)NCCn2cc(SCC(=O)Nc3ccc4c(c3)OCO4)c3ccccc32)cc1. The first kappa shape index (κ1) is 22.9. The van der Waals surface area contributed by atoms with Gasteiger partial charge >= 0.3 is 0 Å². The molecule has 8 heteroatoms. The van der Waals surface area contributed by atoms with Gasteiger partial charge in [-0.15, -0.1) is 11.8 Å². The van der Waals surface area contributed by atoms with E-state index in [9.17, 15) is 9.59 Å². The van der Waals surface area contributed by atoms with Crippen LogP contribution in [0.25, 0.3) is 10.9 Å². The molecule has 0 bridgehead atoms. The Hall–Kier alpha value is -3.91. The van der Waals surface area contributed by atoms with Crippen molar-refractivity contribution >= 4 is 40.2 Å². The number of rotatable bonds is 8. The molecule has 35 heavy (non-hydrogen) atoms. The zero-order chi connectivity index (χ0) is 24.2. The Morgan fingerprint density at radius 3 is 2.66 bits per heavy atom. The van der Waals surface area contributed by atoms with E-state index in [1.54, 1.807) is 18.2 Å². The van der Waals surface area contributed by atoms with Gasteiger partial charge in [0.15, 0.2) is 11.5 Å². The summed E-state index contributed by atoms with van der Waals surface area (Å²) in [6.45, 7) is 3.32. The molecule has 0 spiro atoms. The number of ether oxygens (including phenoxy) is 2. The Bertz CT molecular complexity index is 1380. The summed E-state index contributed by atoms with van der Waals surface area (Å²) in [6, 6.07) is 21.0. The van der Waals surface area contributed by atoms with E-state index in [1.807, 2.05) is 55.6 Å². The maximum atomic E-state index is 12.6. The van der Waals surface area contributed by atoms with Crippen LogP contribution in [0.4, 0.5) is 5.69 Å². The van der Waals surface area contributed by atoms with Crippen LogP contribution in [-0.4, -0.2) is 35.5 Å². The number of hydrogen-bond donors (Lipinski definition) is 2. The number of carbonyl (C=O) groups excluding carboxylic acids is 2. The van der Waals surface area contributed by atoms with Gasteiger partial charge in [0.1, 0.15) is 0 Å². The molecule has 0 radical (unpaired) electrons. The molecule has 2 N–H and O–H groups in total. The van der Waals surface area contributed by atoms with Crippen molar-refractivity contribution in [1.82, 2.24) is 9.88 Å². The fourth-order valence-corrected chi connectivity index (χ4v) is 4.81. The van der Waals surface area contributed by atoms with Crippen LogP contribution in [0.3, 0.4) is 0 Å². The van der Waals surface area contributed by atoms with Gasteiger partial charge in [-0.1, -0.05) is 35.9 Å². The van der Waals surface area contributed by atoms with Gasteiger partial charge in [-0.25, -0.2) is 0 Å². The number of nitrogens with zero attached hydrogens (tertiary/aromatic N) is 1. The van der Waals surface area contributed by atoms with Crippen LogP contribution in [0.15, 0.2) is 77.8 Å². The Morgan fingerprint density at radius 1 is 1.00 bits per heavy atom. The van der Waals surface area contributed by atoms with Crippen molar-refractivity contribution in [2.24, 2.45) is 0 Å². The molecule has 0 unspecified atom stereocenters. The lowest BCUT2D eigenvalue weighted by Gasteiger charge is -2.08. The van der Waals surface area contributed by atoms with Crippen molar-refractivity contribution in [1.29, 1.82) is 0 Å². The van der Waals surface area contributed by atoms with E-state index < -0.39 is 0 Å². The fraction of sp³-hybridized carbons (Fsp3) is 0.185. The minimum absolute atomic E-state index is 0.0868. The van der Waals surface area contributed by atoms with Crippen LogP contribution in [0, 0.1) is 6.92 Å². The Labute approximate surface area is 207 Å². The Kier molecular flexibility index (Phi) is 6.63. The lowest BCUT2D eigenvalue weighted by atomic mass is 10.1. The first-order valence-corrected chi connectivity index (χ1v) is 12.3. The number of aryl methyl sites for hydroxylation is 1. The molecule has 5 rings (SSSR count). The van der Waals surface area contributed by atoms with Crippen LogP contribution in [0.5, 0.6) is 11.5 Å². The molecule has 0 atom stereocenters. The van der Waals surface area contributed by atoms with E-state index in [-0.39, 0.29) is 24.4 Å². The van der Waals surface area contributed by atoms with Gasteiger partial charge in [-0.2, -0.15) is 0 Å². The van der Waals surface area contributed by atoms with E-state index in [0.717, 1.165) is 21.4 Å². The number of aromatic nitrogens is 1. The van der Waals surface area contributed by atoms with Crippen LogP contribution >= 0.6 is 11.8 Å². The lowest BCUT2D eigenvalue weighted by Crippen LogP contribution is -2.27. The summed E-state index contributed by atoms with van der Waals surface area (Å²) in [5.41, 5.74) is 3.51. The molecule has 4 aromatic rings. The molecule has 2 heterocycles. The number of hydrogen-bond acceptors (Lipinski definition) is 5. The highest BCUT2D eigenvalue weighted by Crippen LogP contribution is 2.34. The van der Waals surface area contributed by atoms with Crippen LogP contribution in [0.2, 0.25) is 0 Å². The van der Waals surface area contributed by atoms with Crippen molar-refractivity contribution in [2.45, 2.75) is 18.4 Å². The molecule has 1 aromatic heterocycles. The molecule has 1 aliphatic heterocycles. The molecular weight excluding hydrogens is 462 g/mol. The minimum Gasteiger partial charge on any atom is -0.454 e. The van der Waals surface area contributed by atoms with Crippen molar-refractivity contribution in [2.75, 3.05) is 24.4 Å². The third-order valence-corrected chi connectivity index (χ3v) is 6.76. The molecule has 0 fully saturated rings. The smallest absolute Gasteiger partial charge is 0.251 e. The molecule has 7 nitrogen and oxygen atoms in total. The normalized spacial score (nSPS) is 12.0. The molecule has 3 aromatic carbocycles. The number of nitrogens with one attached hydrogen (secondary N) is 2. The third-order valence-electron chi connectivity index (χ3n) is 5.72. The number of carbonyl (C=O) groups is 2. The second-order valence-electron chi connectivity index (χ2n) is 8.23. The third kappa shape index (κ3) is 5.27. The maximum absolute atomic E-state index is 12.6. The summed E-state index contributed by atoms with van der Waals surface area (Å²) < 4.78 is 12.8. The molecule has 0 saturated carbocycles. The van der Waals surface area contributed by atoms with Gasteiger partial charge in [0.05, 0.1) is 5.75 Å². The zero-order valence-corrected chi connectivity index (χ0v) is 20.1. The summed E-state index contributed by atoms with van der Waals surface area (Å²) in [6.07, 6.45) is 2.04. The minimum atomic E-state index is -0.101. The van der Waals surface area contributed by atoms with Gasteiger partial charge in [0.25, 0.3) is 5.91 Å². The monoisotopic (exact) mass is 487 g/mol. The first-order chi connectivity index (χ1) is 17.1. The largest absolute Gasteiger partial charge is 0.454 e. The predicted molar refractivity (Wildman–Crippen MR) is 137 cm³/mol. The van der Waals surface area contributed by atoms with Gasteiger partial charge in [0, 0.05) is 52.4 Å².